The molecule has 0 unspecified atom stereocenters. The number of nitrogens with zero attached hydrogens (tertiary/aromatic N) is 1. The number of thiazole rings is 1. The second-order valence-electron chi connectivity index (χ2n) is 4.06. The van der Waals surface area contributed by atoms with E-state index in [0.29, 0.717) is 10.7 Å². The molecule has 1 amide bonds. The highest BCUT2D eigenvalue weighted by molar-refractivity contribution is 7.98. The van der Waals surface area contributed by atoms with Crippen LogP contribution in [0.3, 0.4) is 0 Å². The predicted molar refractivity (Wildman–Crippen MR) is 82.4 cm³/mol. The highest BCUT2D eigenvalue weighted by Gasteiger charge is 2.10. The van der Waals surface area contributed by atoms with Gasteiger partial charge in [-0.15, -0.1) is 23.1 Å². The maximum Gasteiger partial charge on any atom is 0.257 e. The van der Waals surface area contributed by atoms with Gasteiger partial charge in [0, 0.05) is 15.3 Å². The summed E-state index contributed by atoms with van der Waals surface area (Å²) in [5.74, 6) is -0.107. The molecule has 2 rings (SSSR count). The Balaban J connectivity index is 2.11. The fourth-order valence-corrected chi connectivity index (χ4v) is 3.03. The molecule has 19 heavy (non-hydrogen) atoms. The summed E-state index contributed by atoms with van der Waals surface area (Å²) in [6.07, 6.45) is 2.90. The number of nitrogens with one attached hydrogen (secondary N) is 1. The molecular formula is C14H16N2OS2. The van der Waals surface area contributed by atoms with Gasteiger partial charge in [0.25, 0.3) is 5.91 Å². The molecule has 0 bridgehead atoms. The zero-order valence-corrected chi connectivity index (χ0v) is 12.8. The summed E-state index contributed by atoms with van der Waals surface area (Å²) in [5, 5.41) is 3.53. The molecule has 0 saturated heterocycles. The summed E-state index contributed by atoms with van der Waals surface area (Å²) in [6.45, 7) is 4.09. The van der Waals surface area contributed by atoms with Crippen molar-refractivity contribution in [2.45, 2.75) is 25.2 Å². The van der Waals surface area contributed by atoms with Crippen LogP contribution >= 0.6 is 23.1 Å². The van der Waals surface area contributed by atoms with E-state index in [0.717, 1.165) is 21.9 Å². The quantitative estimate of drug-likeness (QED) is 0.866. The van der Waals surface area contributed by atoms with Gasteiger partial charge in [0.2, 0.25) is 0 Å². The van der Waals surface area contributed by atoms with E-state index in [2.05, 4.69) is 17.2 Å². The van der Waals surface area contributed by atoms with Gasteiger partial charge in [0.15, 0.2) is 5.13 Å². The minimum atomic E-state index is -0.107. The number of carbonyl (C=O) groups excluding carboxylic acids is 1. The third-order valence-electron chi connectivity index (χ3n) is 2.80. The van der Waals surface area contributed by atoms with E-state index in [1.165, 1.54) is 11.3 Å². The molecule has 0 aliphatic rings. The van der Waals surface area contributed by atoms with Gasteiger partial charge in [-0.2, -0.15) is 0 Å². The average Bonchev–Trinajstić information content (AvgIpc) is 2.78. The normalized spacial score (nSPS) is 10.5. The molecular weight excluding hydrogens is 276 g/mol. The zero-order chi connectivity index (χ0) is 13.8. The van der Waals surface area contributed by atoms with E-state index in [1.807, 2.05) is 37.4 Å². The highest BCUT2D eigenvalue weighted by atomic mass is 32.2. The van der Waals surface area contributed by atoms with E-state index in [1.54, 1.807) is 11.8 Å². The summed E-state index contributed by atoms with van der Waals surface area (Å²) in [4.78, 5) is 18.8. The van der Waals surface area contributed by atoms with Crippen molar-refractivity contribution in [3.05, 3.63) is 40.4 Å². The summed E-state index contributed by atoms with van der Waals surface area (Å²) >= 11 is 3.18. The lowest BCUT2D eigenvalue weighted by molar-refractivity contribution is 0.102. The lowest BCUT2D eigenvalue weighted by Crippen LogP contribution is -2.11. The first-order valence-corrected chi connectivity index (χ1v) is 8.10. The molecule has 1 heterocycles. The molecule has 1 aromatic heterocycles. The van der Waals surface area contributed by atoms with Gasteiger partial charge in [-0.05, 0) is 43.9 Å². The first kappa shape index (κ1) is 14.1. The van der Waals surface area contributed by atoms with Crippen LogP contribution in [0.15, 0.2) is 29.2 Å². The lowest BCUT2D eigenvalue weighted by Gasteiger charge is -2.02. The van der Waals surface area contributed by atoms with Crippen LogP contribution in [0.4, 0.5) is 5.13 Å². The molecule has 2 aromatic rings. The topological polar surface area (TPSA) is 42.0 Å². The lowest BCUT2D eigenvalue weighted by atomic mass is 10.2. The van der Waals surface area contributed by atoms with Gasteiger partial charge in [0.1, 0.15) is 0 Å². The highest BCUT2D eigenvalue weighted by Crippen LogP contribution is 2.23. The molecule has 0 saturated carbocycles. The molecule has 0 radical (unpaired) electrons. The predicted octanol–water partition coefficient (Wildman–Crippen LogP) is 3.99. The summed E-state index contributed by atoms with van der Waals surface area (Å²) in [5.41, 5.74) is 1.71. The van der Waals surface area contributed by atoms with Gasteiger partial charge in [0.05, 0.1) is 5.69 Å². The second-order valence-corrected chi connectivity index (χ2v) is 6.14. The number of amides is 1. The summed E-state index contributed by atoms with van der Waals surface area (Å²) < 4.78 is 0. The van der Waals surface area contributed by atoms with Crippen LogP contribution < -0.4 is 5.32 Å². The van der Waals surface area contributed by atoms with Crippen molar-refractivity contribution >= 4 is 34.1 Å². The minimum Gasteiger partial charge on any atom is -0.298 e. The number of aryl methyl sites for hydroxylation is 2. The Bertz CT molecular complexity index is 576. The first-order chi connectivity index (χ1) is 9.13. The number of carbonyl (C=O) groups is 1. The number of hydrogen-bond donors (Lipinski definition) is 1. The molecule has 0 fully saturated rings. The molecule has 5 heteroatoms. The van der Waals surface area contributed by atoms with Crippen molar-refractivity contribution in [2.24, 2.45) is 0 Å². The summed E-state index contributed by atoms with van der Waals surface area (Å²) in [7, 11) is 0. The Kier molecular flexibility index (Phi) is 4.61. The maximum absolute atomic E-state index is 12.1. The van der Waals surface area contributed by atoms with Crippen LogP contribution in [0.1, 0.15) is 27.9 Å². The van der Waals surface area contributed by atoms with Gasteiger partial charge in [-0.25, -0.2) is 4.98 Å². The Morgan fingerprint density at radius 1 is 1.37 bits per heavy atom. The van der Waals surface area contributed by atoms with E-state index in [-0.39, 0.29) is 5.91 Å². The number of rotatable bonds is 4. The van der Waals surface area contributed by atoms with Crippen LogP contribution in [0.25, 0.3) is 0 Å². The molecule has 0 aliphatic heterocycles. The summed E-state index contributed by atoms with van der Waals surface area (Å²) in [6, 6.07) is 7.57. The first-order valence-electron chi connectivity index (χ1n) is 6.05. The maximum atomic E-state index is 12.1. The van der Waals surface area contributed by atoms with Gasteiger partial charge < -0.3 is 0 Å². The molecule has 1 aromatic carbocycles. The van der Waals surface area contributed by atoms with Crippen molar-refractivity contribution in [3.8, 4) is 0 Å². The van der Waals surface area contributed by atoms with Crippen LogP contribution in [0, 0.1) is 6.92 Å². The van der Waals surface area contributed by atoms with Crippen molar-refractivity contribution in [1.82, 2.24) is 4.98 Å². The monoisotopic (exact) mass is 292 g/mol. The molecule has 0 spiro atoms. The third kappa shape index (κ3) is 3.36. The van der Waals surface area contributed by atoms with E-state index < -0.39 is 0 Å². The number of benzene rings is 1. The van der Waals surface area contributed by atoms with Crippen molar-refractivity contribution < 1.29 is 4.79 Å². The van der Waals surface area contributed by atoms with Crippen LogP contribution in [-0.4, -0.2) is 17.1 Å². The Morgan fingerprint density at radius 2 is 2.05 bits per heavy atom. The Labute approximate surface area is 121 Å². The number of thioether (sulfide) groups is 1. The molecule has 100 valence electrons. The third-order valence-corrected chi connectivity index (χ3v) is 4.47. The van der Waals surface area contributed by atoms with Crippen molar-refractivity contribution in [1.29, 1.82) is 0 Å². The average molecular weight is 292 g/mol. The SMILES string of the molecule is CCc1nc(NC(=O)c2ccc(SC)cc2)sc1C. The fraction of sp³-hybridized carbons (Fsp3) is 0.286. The largest absolute Gasteiger partial charge is 0.298 e. The van der Waals surface area contributed by atoms with Crippen molar-refractivity contribution in [3.63, 3.8) is 0 Å². The zero-order valence-electron chi connectivity index (χ0n) is 11.2. The fourth-order valence-electron chi connectivity index (χ4n) is 1.72. The van der Waals surface area contributed by atoms with E-state index in [9.17, 15) is 4.79 Å². The smallest absolute Gasteiger partial charge is 0.257 e. The molecule has 3 nitrogen and oxygen atoms in total. The molecule has 0 aliphatic carbocycles. The Morgan fingerprint density at radius 3 is 2.58 bits per heavy atom. The molecule has 0 atom stereocenters. The standard InChI is InChI=1S/C14H16N2OS2/c1-4-12-9(2)19-14(15-12)16-13(17)10-5-7-11(18-3)8-6-10/h5-8H,4H2,1-3H3,(H,15,16,17). The van der Waals surface area contributed by atoms with Crippen LogP contribution in [0.5, 0.6) is 0 Å². The van der Waals surface area contributed by atoms with Crippen molar-refractivity contribution in [2.75, 3.05) is 11.6 Å². The number of anilines is 1. The van der Waals surface area contributed by atoms with Gasteiger partial charge in [-0.3, -0.25) is 10.1 Å². The van der Waals surface area contributed by atoms with Crippen LogP contribution in [-0.2, 0) is 6.42 Å². The number of hydrogen-bond acceptors (Lipinski definition) is 4. The second kappa shape index (κ2) is 6.21. The van der Waals surface area contributed by atoms with Gasteiger partial charge >= 0.3 is 0 Å². The van der Waals surface area contributed by atoms with Gasteiger partial charge in [-0.1, -0.05) is 6.92 Å². The number of aromatic nitrogens is 1. The molecule has 1 N–H and O–H groups in total. The van der Waals surface area contributed by atoms with E-state index in [4.69, 9.17) is 0 Å². The van der Waals surface area contributed by atoms with E-state index >= 15 is 0 Å². The van der Waals surface area contributed by atoms with Crippen LogP contribution in [0.2, 0.25) is 0 Å². The Hall–Kier alpha value is -1.33. The minimum absolute atomic E-state index is 0.107.